The summed E-state index contributed by atoms with van der Waals surface area (Å²) in [6.45, 7) is 3.30. The summed E-state index contributed by atoms with van der Waals surface area (Å²) in [5.41, 5.74) is 4.09. The van der Waals surface area contributed by atoms with Crippen LogP contribution in [0.3, 0.4) is 0 Å². The molecule has 0 aliphatic carbocycles. The number of methoxy groups -OCH3 is 1. The minimum Gasteiger partial charge on any atom is -0.480 e. The van der Waals surface area contributed by atoms with E-state index in [1.165, 1.54) is 5.69 Å². The van der Waals surface area contributed by atoms with Crippen LogP contribution in [0.5, 0.6) is 5.88 Å². The lowest BCUT2D eigenvalue weighted by atomic mass is 10.1. The molecule has 4 aromatic rings. The average molecular weight is 412 g/mol. The van der Waals surface area contributed by atoms with E-state index >= 15 is 0 Å². The van der Waals surface area contributed by atoms with Gasteiger partial charge < -0.3 is 19.7 Å². The Bertz CT molecular complexity index is 1190. The first-order chi connectivity index (χ1) is 15.3. The molecular formula is C25H24N4O2. The van der Waals surface area contributed by atoms with Crippen molar-refractivity contribution in [2.45, 2.75) is 0 Å². The molecule has 2 aromatic heterocycles. The lowest BCUT2D eigenvalue weighted by molar-refractivity contribution is 0.122. The SMILES string of the molecule is COc1nccc2cc(-c3ccccc3)nc(Nc3cccc(N4CCOCC4)c3)c12. The van der Waals surface area contributed by atoms with Crippen molar-refractivity contribution < 1.29 is 9.47 Å². The number of rotatable bonds is 5. The predicted molar refractivity (Wildman–Crippen MR) is 124 cm³/mol. The minimum atomic E-state index is 0.552. The van der Waals surface area contributed by atoms with Gasteiger partial charge in [-0.05, 0) is 35.7 Å². The molecule has 0 radical (unpaired) electrons. The highest BCUT2D eigenvalue weighted by molar-refractivity contribution is 5.99. The fourth-order valence-corrected chi connectivity index (χ4v) is 3.91. The minimum absolute atomic E-state index is 0.552. The summed E-state index contributed by atoms with van der Waals surface area (Å²) in [5.74, 6) is 1.27. The Balaban J connectivity index is 1.58. The van der Waals surface area contributed by atoms with E-state index in [1.54, 1.807) is 13.3 Å². The van der Waals surface area contributed by atoms with Crippen LogP contribution < -0.4 is 15.0 Å². The number of hydrogen-bond donors (Lipinski definition) is 1. The number of nitrogens with zero attached hydrogens (tertiary/aromatic N) is 3. The Morgan fingerprint density at radius 3 is 2.61 bits per heavy atom. The molecule has 2 aromatic carbocycles. The molecular weight excluding hydrogens is 388 g/mol. The third kappa shape index (κ3) is 4.02. The maximum atomic E-state index is 5.56. The summed E-state index contributed by atoms with van der Waals surface area (Å²) in [6.07, 6.45) is 1.76. The quantitative estimate of drug-likeness (QED) is 0.504. The summed E-state index contributed by atoms with van der Waals surface area (Å²) in [7, 11) is 1.63. The zero-order chi connectivity index (χ0) is 21.0. The topological polar surface area (TPSA) is 59.5 Å². The number of aromatic nitrogens is 2. The van der Waals surface area contributed by atoms with Crippen LogP contribution in [-0.4, -0.2) is 43.4 Å². The van der Waals surface area contributed by atoms with E-state index in [-0.39, 0.29) is 0 Å². The number of fused-ring (bicyclic) bond motifs is 1. The van der Waals surface area contributed by atoms with Gasteiger partial charge in [0.1, 0.15) is 5.82 Å². The van der Waals surface area contributed by atoms with Crippen LogP contribution in [0, 0.1) is 0 Å². The molecule has 0 atom stereocenters. The molecule has 0 spiro atoms. The predicted octanol–water partition coefficient (Wildman–Crippen LogP) is 4.89. The molecule has 31 heavy (non-hydrogen) atoms. The van der Waals surface area contributed by atoms with Crippen LogP contribution in [0.1, 0.15) is 0 Å². The first-order valence-electron chi connectivity index (χ1n) is 10.4. The van der Waals surface area contributed by atoms with Crippen LogP contribution in [-0.2, 0) is 4.74 Å². The van der Waals surface area contributed by atoms with E-state index in [9.17, 15) is 0 Å². The lowest BCUT2D eigenvalue weighted by Gasteiger charge is -2.29. The number of pyridine rings is 2. The Morgan fingerprint density at radius 1 is 0.968 bits per heavy atom. The standard InChI is InChI=1S/C25H24N4O2/c1-30-25-23-19(10-11-26-25)16-22(18-6-3-2-4-7-18)28-24(23)27-20-8-5-9-21(17-20)29-12-14-31-15-13-29/h2-11,16-17H,12-15H2,1H3,(H,27,28). The van der Waals surface area contributed by atoms with E-state index in [0.717, 1.165) is 59.8 Å². The molecule has 1 aliphatic heterocycles. The molecule has 5 rings (SSSR count). The van der Waals surface area contributed by atoms with Gasteiger partial charge >= 0.3 is 0 Å². The van der Waals surface area contributed by atoms with Crippen LogP contribution in [0.25, 0.3) is 22.0 Å². The van der Waals surface area contributed by atoms with Gasteiger partial charge in [-0.3, -0.25) is 0 Å². The highest BCUT2D eigenvalue weighted by atomic mass is 16.5. The maximum Gasteiger partial charge on any atom is 0.224 e. The molecule has 1 N–H and O–H groups in total. The molecule has 156 valence electrons. The smallest absolute Gasteiger partial charge is 0.224 e. The molecule has 3 heterocycles. The highest BCUT2D eigenvalue weighted by Gasteiger charge is 2.15. The summed E-state index contributed by atoms with van der Waals surface area (Å²) in [5, 5.41) is 5.41. The third-order valence-electron chi connectivity index (χ3n) is 5.46. The maximum absolute atomic E-state index is 5.56. The van der Waals surface area contributed by atoms with Crippen molar-refractivity contribution in [1.82, 2.24) is 9.97 Å². The molecule has 1 saturated heterocycles. The molecule has 1 fully saturated rings. The molecule has 0 bridgehead atoms. The van der Waals surface area contributed by atoms with Crippen LogP contribution in [0.15, 0.2) is 72.9 Å². The Kier molecular flexibility index (Phi) is 5.37. The number of nitrogens with one attached hydrogen (secondary N) is 1. The van der Waals surface area contributed by atoms with Crippen LogP contribution in [0.4, 0.5) is 17.2 Å². The highest BCUT2D eigenvalue weighted by Crippen LogP contribution is 2.35. The zero-order valence-corrected chi connectivity index (χ0v) is 17.4. The number of benzene rings is 2. The Hall–Kier alpha value is -3.64. The van der Waals surface area contributed by atoms with E-state index in [4.69, 9.17) is 14.5 Å². The Labute approximate surface area is 181 Å². The van der Waals surface area contributed by atoms with Crippen LogP contribution in [0.2, 0.25) is 0 Å². The second-order valence-electron chi connectivity index (χ2n) is 7.42. The first kappa shape index (κ1) is 19.3. The van der Waals surface area contributed by atoms with Crippen molar-refractivity contribution in [2.24, 2.45) is 0 Å². The molecule has 1 aliphatic rings. The van der Waals surface area contributed by atoms with Crippen molar-refractivity contribution in [3.63, 3.8) is 0 Å². The van der Waals surface area contributed by atoms with Crippen molar-refractivity contribution in [3.8, 4) is 17.1 Å². The number of hydrogen-bond acceptors (Lipinski definition) is 6. The number of anilines is 3. The van der Waals surface area contributed by atoms with Gasteiger partial charge in [-0.1, -0.05) is 36.4 Å². The normalized spacial score (nSPS) is 13.9. The summed E-state index contributed by atoms with van der Waals surface area (Å²) in [6, 6.07) is 22.6. The van der Waals surface area contributed by atoms with E-state index in [2.05, 4.69) is 57.7 Å². The average Bonchev–Trinajstić information content (AvgIpc) is 2.85. The summed E-state index contributed by atoms with van der Waals surface area (Å²) < 4.78 is 11.0. The summed E-state index contributed by atoms with van der Waals surface area (Å²) >= 11 is 0. The van der Waals surface area contributed by atoms with Gasteiger partial charge in [-0.15, -0.1) is 0 Å². The van der Waals surface area contributed by atoms with Gasteiger partial charge in [0, 0.05) is 36.2 Å². The van der Waals surface area contributed by atoms with E-state index in [0.29, 0.717) is 5.88 Å². The number of ether oxygens (including phenoxy) is 2. The molecule has 0 unspecified atom stereocenters. The van der Waals surface area contributed by atoms with Gasteiger partial charge in [0.2, 0.25) is 5.88 Å². The third-order valence-corrected chi connectivity index (χ3v) is 5.46. The Morgan fingerprint density at radius 2 is 1.81 bits per heavy atom. The van der Waals surface area contributed by atoms with Crippen molar-refractivity contribution >= 4 is 28.0 Å². The monoisotopic (exact) mass is 412 g/mol. The van der Waals surface area contributed by atoms with E-state index < -0.39 is 0 Å². The van der Waals surface area contributed by atoms with E-state index in [1.807, 2.05) is 24.3 Å². The van der Waals surface area contributed by atoms with Gasteiger partial charge in [0.05, 0.1) is 31.4 Å². The fraction of sp³-hybridized carbons (Fsp3) is 0.200. The zero-order valence-electron chi connectivity index (χ0n) is 17.4. The largest absolute Gasteiger partial charge is 0.480 e. The molecule has 0 amide bonds. The second-order valence-corrected chi connectivity index (χ2v) is 7.42. The van der Waals surface area contributed by atoms with Gasteiger partial charge in [0.25, 0.3) is 0 Å². The van der Waals surface area contributed by atoms with Crippen molar-refractivity contribution in [1.29, 1.82) is 0 Å². The van der Waals surface area contributed by atoms with Gasteiger partial charge in [-0.25, -0.2) is 9.97 Å². The van der Waals surface area contributed by atoms with Gasteiger partial charge in [-0.2, -0.15) is 0 Å². The fourth-order valence-electron chi connectivity index (χ4n) is 3.91. The number of morpholine rings is 1. The van der Waals surface area contributed by atoms with Crippen molar-refractivity contribution in [3.05, 3.63) is 72.9 Å². The molecule has 6 heteroatoms. The molecule has 6 nitrogen and oxygen atoms in total. The van der Waals surface area contributed by atoms with Crippen molar-refractivity contribution in [2.75, 3.05) is 43.6 Å². The second kappa shape index (κ2) is 8.62. The van der Waals surface area contributed by atoms with Gasteiger partial charge in [0.15, 0.2) is 0 Å². The summed E-state index contributed by atoms with van der Waals surface area (Å²) in [4.78, 5) is 11.7. The van der Waals surface area contributed by atoms with Crippen LogP contribution >= 0.6 is 0 Å². The molecule has 0 saturated carbocycles. The first-order valence-corrected chi connectivity index (χ1v) is 10.4. The lowest BCUT2D eigenvalue weighted by Crippen LogP contribution is -2.36.